The molecule has 0 amide bonds. The smallest absolute Gasteiger partial charge is 0.160 e. The fourth-order valence-electron chi connectivity index (χ4n) is 8.06. The first-order valence-corrected chi connectivity index (χ1v) is 18.7. The first kappa shape index (κ1) is 31.0. The van der Waals surface area contributed by atoms with E-state index in [1.807, 2.05) is 97.1 Å². The van der Waals surface area contributed by atoms with Crippen LogP contribution in [0.1, 0.15) is 11.1 Å². The van der Waals surface area contributed by atoms with Crippen molar-refractivity contribution in [2.24, 2.45) is 0 Å². The van der Waals surface area contributed by atoms with Crippen LogP contribution >= 0.6 is 11.3 Å². The zero-order valence-corrected chi connectivity index (χ0v) is 29.8. The predicted octanol–water partition coefficient (Wildman–Crippen LogP) is 12.6. The Hall–Kier alpha value is -7.58. The van der Waals surface area contributed by atoms with Crippen molar-refractivity contribution >= 4 is 75.3 Å². The molecule has 0 fully saturated rings. The number of para-hydroxylation sites is 2. The molecule has 0 N–H and O–H groups in total. The summed E-state index contributed by atoms with van der Waals surface area (Å²) < 4.78 is 10.9. The van der Waals surface area contributed by atoms with E-state index in [4.69, 9.17) is 14.4 Å². The van der Waals surface area contributed by atoms with Crippen LogP contribution in [0, 0.1) is 22.7 Å². The Balaban J connectivity index is 1.16. The van der Waals surface area contributed by atoms with E-state index in [0.29, 0.717) is 33.9 Å². The minimum Gasteiger partial charge on any atom is -0.456 e. The van der Waals surface area contributed by atoms with Crippen molar-refractivity contribution in [1.29, 1.82) is 10.5 Å². The molecular weight excluding hydrogens is 695 g/mol. The Morgan fingerprint density at radius 3 is 2.05 bits per heavy atom. The molecule has 11 rings (SSSR count). The molecule has 11 aromatic rings. The molecule has 4 heterocycles. The summed E-state index contributed by atoms with van der Waals surface area (Å²) in [7, 11) is 0. The quantitative estimate of drug-likeness (QED) is 0.181. The third kappa shape index (κ3) is 4.65. The van der Waals surface area contributed by atoms with E-state index in [2.05, 4.69) is 71.3 Å². The fourth-order valence-corrected chi connectivity index (χ4v) is 9.17. The highest BCUT2D eigenvalue weighted by Crippen LogP contribution is 2.44. The maximum Gasteiger partial charge on any atom is 0.160 e. The molecule has 0 unspecified atom stereocenters. The van der Waals surface area contributed by atoms with Crippen LogP contribution in [0.2, 0.25) is 0 Å². The largest absolute Gasteiger partial charge is 0.456 e. The molecule has 0 aliphatic rings. The molecule has 7 aromatic carbocycles. The highest BCUT2D eigenvalue weighted by Gasteiger charge is 2.23. The molecule has 0 spiro atoms. The molecule has 0 aliphatic carbocycles. The summed E-state index contributed by atoms with van der Waals surface area (Å²) in [5.41, 5.74) is 8.33. The number of rotatable bonds is 4. The first-order chi connectivity index (χ1) is 27.2. The number of benzene rings is 7. The minimum atomic E-state index is 0.333. The maximum absolute atomic E-state index is 10.9. The Bertz CT molecular complexity index is 3470. The molecule has 4 aromatic heterocycles. The van der Waals surface area contributed by atoms with Gasteiger partial charge in [0.25, 0.3) is 0 Å². The van der Waals surface area contributed by atoms with Crippen LogP contribution in [0.25, 0.3) is 104 Å². The van der Waals surface area contributed by atoms with Gasteiger partial charge in [0.05, 0.1) is 33.7 Å². The van der Waals surface area contributed by atoms with E-state index in [1.165, 1.54) is 20.2 Å². The lowest BCUT2D eigenvalue weighted by Crippen LogP contribution is -2.02. The molecule has 55 heavy (non-hydrogen) atoms. The van der Waals surface area contributed by atoms with Crippen LogP contribution in [0.5, 0.6) is 0 Å². The van der Waals surface area contributed by atoms with Crippen molar-refractivity contribution in [3.63, 3.8) is 0 Å². The summed E-state index contributed by atoms with van der Waals surface area (Å²) in [5.74, 6) is 0.451. The average molecular weight is 720 g/mol. The number of hydrogen-bond donors (Lipinski definition) is 0. The number of hydrogen-bond acceptors (Lipinski definition) is 6. The van der Waals surface area contributed by atoms with Gasteiger partial charge in [-0.2, -0.15) is 10.5 Å². The Labute approximate surface area is 318 Å². The Kier molecular flexibility index (Phi) is 6.75. The standard InChI is InChI=1S/C48H25N5OS/c49-26-31-24-29(19-22-38(31)53-39-15-7-4-12-32(39)35-21-23-43-44(47(35)53)36-14-6-9-17-42(36)55-43)46-37(27-50)45(28-10-2-1-3-11-28)51-48(52-46)30-18-20-34-33-13-5-8-16-40(33)54-41(34)25-30/h1-25H. The number of thiophene rings is 1. The minimum absolute atomic E-state index is 0.333. The van der Waals surface area contributed by atoms with Crippen molar-refractivity contribution in [2.45, 2.75) is 0 Å². The lowest BCUT2D eigenvalue weighted by Gasteiger charge is -2.15. The van der Waals surface area contributed by atoms with Gasteiger partial charge in [-0.15, -0.1) is 11.3 Å². The van der Waals surface area contributed by atoms with E-state index in [-0.39, 0.29) is 0 Å². The second-order valence-electron chi connectivity index (χ2n) is 13.5. The molecule has 0 aliphatic heterocycles. The Morgan fingerprint density at radius 1 is 0.527 bits per heavy atom. The fraction of sp³-hybridized carbons (Fsp3) is 0. The first-order valence-electron chi connectivity index (χ1n) is 17.9. The second kappa shape index (κ2) is 12.0. The molecule has 0 saturated carbocycles. The summed E-state index contributed by atoms with van der Waals surface area (Å²) in [6.07, 6.45) is 0. The van der Waals surface area contributed by atoms with E-state index in [1.54, 1.807) is 11.3 Å². The topological polar surface area (TPSA) is 91.4 Å². The highest BCUT2D eigenvalue weighted by molar-refractivity contribution is 7.26. The predicted molar refractivity (Wildman–Crippen MR) is 222 cm³/mol. The summed E-state index contributed by atoms with van der Waals surface area (Å²) in [6, 6.07) is 55.6. The molecule has 6 nitrogen and oxygen atoms in total. The van der Waals surface area contributed by atoms with Crippen molar-refractivity contribution in [2.75, 3.05) is 0 Å². The zero-order valence-electron chi connectivity index (χ0n) is 29.0. The summed E-state index contributed by atoms with van der Waals surface area (Å²) in [5, 5.41) is 28.2. The van der Waals surface area contributed by atoms with Crippen molar-refractivity contribution in [1.82, 2.24) is 14.5 Å². The summed E-state index contributed by atoms with van der Waals surface area (Å²) in [4.78, 5) is 10.1. The molecular formula is C48H25N5OS. The van der Waals surface area contributed by atoms with Crippen LogP contribution in [-0.4, -0.2) is 14.5 Å². The number of aromatic nitrogens is 3. The van der Waals surface area contributed by atoms with Crippen LogP contribution < -0.4 is 0 Å². The summed E-state index contributed by atoms with van der Waals surface area (Å²) >= 11 is 1.78. The molecule has 0 radical (unpaired) electrons. The van der Waals surface area contributed by atoms with Crippen molar-refractivity contribution in [3.05, 3.63) is 163 Å². The summed E-state index contributed by atoms with van der Waals surface area (Å²) in [6.45, 7) is 0. The monoisotopic (exact) mass is 719 g/mol. The lowest BCUT2D eigenvalue weighted by molar-refractivity contribution is 0.669. The number of nitrogens with zero attached hydrogens (tertiary/aromatic N) is 5. The lowest BCUT2D eigenvalue weighted by atomic mass is 9.98. The van der Waals surface area contributed by atoms with Crippen molar-refractivity contribution < 1.29 is 4.42 Å². The number of furan rings is 1. The van der Waals surface area contributed by atoms with Gasteiger partial charge in [-0.25, -0.2) is 9.97 Å². The van der Waals surface area contributed by atoms with Gasteiger partial charge in [-0.05, 0) is 48.5 Å². The van der Waals surface area contributed by atoms with Crippen molar-refractivity contribution in [3.8, 4) is 51.7 Å². The normalized spacial score (nSPS) is 11.6. The molecule has 0 saturated heterocycles. The Morgan fingerprint density at radius 2 is 1.22 bits per heavy atom. The van der Waals surface area contributed by atoms with Gasteiger partial charge < -0.3 is 8.98 Å². The zero-order chi connectivity index (χ0) is 36.6. The molecule has 7 heteroatoms. The van der Waals surface area contributed by atoms with Crippen LogP contribution in [-0.2, 0) is 0 Å². The van der Waals surface area contributed by atoms with Gasteiger partial charge in [0, 0.05) is 58.4 Å². The van der Waals surface area contributed by atoms with Crippen LogP contribution in [0.15, 0.2) is 156 Å². The van der Waals surface area contributed by atoms with E-state index < -0.39 is 0 Å². The highest BCUT2D eigenvalue weighted by atomic mass is 32.1. The van der Waals surface area contributed by atoms with Gasteiger partial charge in [0.15, 0.2) is 5.82 Å². The second-order valence-corrected chi connectivity index (χ2v) is 14.6. The SMILES string of the molecule is N#Cc1cc(-c2nc(-c3ccc4c(c3)oc3ccccc34)nc(-c3ccccc3)c2C#N)ccc1-n1c2ccccc2c2ccc3sc4ccccc4c3c21. The molecule has 254 valence electrons. The van der Waals surface area contributed by atoms with E-state index in [9.17, 15) is 10.5 Å². The average Bonchev–Trinajstić information content (AvgIpc) is 3.92. The van der Waals surface area contributed by atoms with Gasteiger partial charge in [-0.1, -0.05) is 103 Å². The number of nitriles is 2. The van der Waals surface area contributed by atoms with E-state index in [0.717, 1.165) is 60.6 Å². The van der Waals surface area contributed by atoms with E-state index >= 15 is 0 Å². The van der Waals surface area contributed by atoms with Gasteiger partial charge in [-0.3, -0.25) is 0 Å². The third-order valence-corrected chi connectivity index (χ3v) is 11.6. The van der Waals surface area contributed by atoms with Gasteiger partial charge in [0.1, 0.15) is 28.9 Å². The number of fused-ring (bicyclic) bond motifs is 10. The van der Waals surface area contributed by atoms with Gasteiger partial charge >= 0.3 is 0 Å². The maximum atomic E-state index is 10.9. The third-order valence-electron chi connectivity index (χ3n) is 10.5. The molecule has 0 bridgehead atoms. The molecule has 0 atom stereocenters. The van der Waals surface area contributed by atoms with Crippen LogP contribution in [0.3, 0.4) is 0 Å². The van der Waals surface area contributed by atoms with Crippen LogP contribution in [0.4, 0.5) is 0 Å². The van der Waals surface area contributed by atoms with Gasteiger partial charge in [0.2, 0.25) is 0 Å².